The third-order valence-electron chi connectivity index (χ3n) is 12.8. The molecule has 61 heavy (non-hydrogen) atoms. The van der Waals surface area contributed by atoms with Crippen molar-refractivity contribution in [2.45, 2.75) is 13.8 Å². The SMILES string of the molecule is Cc1cc(C)cc(B(c2cccc3ccccc23)c2ccc3ccc4c(N(c5ccc6c(c5)oc5ccccc56)c5ccccc5-c5ccccc5)ccc5ccc2c3c54)c1. The molecule has 1 aromatic heterocycles. The Balaban J connectivity index is 1.14. The molecule has 12 rings (SSSR count). The molecule has 12 aromatic rings. The van der Waals surface area contributed by atoms with Crippen LogP contribution in [-0.2, 0) is 0 Å². The van der Waals surface area contributed by atoms with Gasteiger partial charge in [-0.3, -0.25) is 0 Å². The summed E-state index contributed by atoms with van der Waals surface area (Å²) < 4.78 is 6.53. The van der Waals surface area contributed by atoms with E-state index in [-0.39, 0.29) is 6.71 Å². The van der Waals surface area contributed by atoms with Gasteiger partial charge in [0.15, 0.2) is 0 Å². The van der Waals surface area contributed by atoms with Crippen molar-refractivity contribution in [3.63, 3.8) is 0 Å². The molecule has 2 nitrogen and oxygen atoms in total. The van der Waals surface area contributed by atoms with E-state index in [1.165, 1.54) is 76.2 Å². The van der Waals surface area contributed by atoms with E-state index in [9.17, 15) is 0 Å². The zero-order chi connectivity index (χ0) is 40.6. The van der Waals surface area contributed by atoms with Crippen LogP contribution < -0.4 is 21.3 Å². The van der Waals surface area contributed by atoms with E-state index in [4.69, 9.17) is 4.42 Å². The molecule has 286 valence electrons. The van der Waals surface area contributed by atoms with Crippen LogP contribution in [0.1, 0.15) is 11.1 Å². The summed E-state index contributed by atoms with van der Waals surface area (Å²) in [5, 5.41) is 12.3. The fraction of sp³-hybridized carbons (Fsp3) is 0.0345. The van der Waals surface area contributed by atoms with Gasteiger partial charge in [0.25, 0.3) is 0 Å². The lowest BCUT2D eigenvalue weighted by atomic mass is 9.35. The largest absolute Gasteiger partial charge is 0.456 e. The topological polar surface area (TPSA) is 16.4 Å². The summed E-state index contributed by atoms with van der Waals surface area (Å²) in [5.41, 5.74) is 13.9. The molecular formula is C58H40BNO. The Bertz CT molecular complexity index is 3620. The molecule has 0 saturated heterocycles. The van der Waals surface area contributed by atoms with Gasteiger partial charge in [0.1, 0.15) is 11.2 Å². The van der Waals surface area contributed by atoms with Gasteiger partial charge in [-0.15, -0.1) is 0 Å². The first-order chi connectivity index (χ1) is 30.1. The van der Waals surface area contributed by atoms with Crippen molar-refractivity contribution in [3.05, 3.63) is 217 Å². The van der Waals surface area contributed by atoms with Gasteiger partial charge in [0.2, 0.25) is 6.71 Å². The summed E-state index contributed by atoms with van der Waals surface area (Å²) in [6.07, 6.45) is 0. The highest BCUT2D eigenvalue weighted by atomic mass is 16.3. The molecule has 0 aliphatic rings. The molecular weight excluding hydrogens is 737 g/mol. The first kappa shape index (κ1) is 35.3. The number of hydrogen-bond donors (Lipinski definition) is 0. The third kappa shape index (κ3) is 5.73. The number of hydrogen-bond acceptors (Lipinski definition) is 2. The van der Waals surface area contributed by atoms with E-state index < -0.39 is 0 Å². The van der Waals surface area contributed by atoms with Crippen molar-refractivity contribution in [1.29, 1.82) is 0 Å². The molecule has 0 saturated carbocycles. The lowest BCUT2D eigenvalue weighted by Gasteiger charge is -2.30. The second-order valence-electron chi connectivity index (χ2n) is 16.6. The van der Waals surface area contributed by atoms with Crippen LogP contribution in [-0.4, -0.2) is 6.71 Å². The van der Waals surface area contributed by atoms with Gasteiger partial charge >= 0.3 is 0 Å². The molecule has 0 unspecified atom stereocenters. The van der Waals surface area contributed by atoms with Gasteiger partial charge in [-0.1, -0.05) is 197 Å². The maximum atomic E-state index is 6.53. The Labute approximate surface area is 355 Å². The highest BCUT2D eigenvalue weighted by Crippen LogP contribution is 2.47. The Morgan fingerprint density at radius 3 is 1.87 bits per heavy atom. The van der Waals surface area contributed by atoms with Crippen LogP contribution in [0.5, 0.6) is 0 Å². The van der Waals surface area contributed by atoms with E-state index in [1.807, 2.05) is 6.07 Å². The Kier molecular flexibility index (Phi) is 8.11. The van der Waals surface area contributed by atoms with Gasteiger partial charge in [0.05, 0.1) is 11.4 Å². The average molecular weight is 778 g/mol. The highest BCUT2D eigenvalue weighted by molar-refractivity contribution is 6.98. The number of anilines is 3. The smallest absolute Gasteiger partial charge is 0.242 e. The summed E-state index contributed by atoms with van der Waals surface area (Å²) in [4.78, 5) is 2.44. The minimum Gasteiger partial charge on any atom is -0.456 e. The van der Waals surface area contributed by atoms with Crippen LogP contribution in [0.2, 0.25) is 0 Å². The lowest BCUT2D eigenvalue weighted by molar-refractivity contribution is 0.669. The molecule has 0 atom stereocenters. The van der Waals surface area contributed by atoms with Crippen LogP contribution in [0.15, 0.2) is 211 Å². The van der Waals surface area contributed by atoms with Gasteiger partial charge in [-0.2, -0.15) is 0 Å². The number of rotatable bonds is 7. The minimum absolute atomic E-state index is 0.0264. The van der Waals surface area contributed by atoms with Crippen molar-refractivity contribution in [2.75, 3.05) is 4.90 Å². The van der Waals surface area contributed by atoms with Crippen molar-refractivity contribution in [1.82, 2.24) is 0 Å². The molecule has 1 heterocycles. The maximum Gasteiger partial charge on any atom is 0.242 e. The summed E-state index contributed by atoms with van der Waals surface area (Å²) in [7, 11) is 0. The molecule has 0 spiro atoms. The highest BCUT2D eigenvalue weighted by Gasteiger charge is 2.28. The van der Waals surface area contributed by atoms with Gasteiger partial charge < -0.3 is 9.32 Å². The fourth-order valence-corrected chi connectivity index (χ4v) is 10.3. The third-order valence-corrected chi connectivity index (χ3v) is 12.8. The summed E-state index contributed by atoms with van der Waals surface area (Å²) in [6, 6.07) is 75.9. The van der Waals surface area contributed by atoms with Crippen LogP contribution in [0.25, 0.3) is 76.2 Å². The zero-order valence-electron chi connectivity index (χ0n) is 34.1. The molecule has 3 heteroatoms. The molecule has 0 bridgehead atoms. The van der Waals surface area contributed by atoms with E-state index >= 15 is 0 Å². The van der Waals surface area contributed by atoms with Crippen molar-refractivity contribution >= 4 is 105 Å². The molecule has 0 aliphatic carbocycles. The van der Waals surface area contributed by atoms with Crippen LogP contribution >= 0.6 is 0 Å². The average Bonchev–Trinajstić information content (AvgIpc) is 3.67. The monoisotopic (exact) mass is 777 g/mol. The minimum atomic E-state index is 0.0264. The molecule has 0 radical (unpaired) electrons. The van der Waals surface area contributed by atoms with Gasteiger partial charge in [-0.25, -0.2) is 0 Å². The Morgan fingerprint density at radius 2 is 1.02 bits per heavy atom. The van der Waals surface area contributed by atoms with Crippen LogP contribution in [0, 0.1) is 13.8 Å². The Hall–Kier alpha value is -7.62. The lowest BCUT2D eigenvalue weighted by Crippen LogP contribution is -2.52. The predicted octanol–water partition coefficient (Wildman–Crippen LogP) is 13.9. The number of fused-ring (bicyclic) bond motifs is 4. The van der Waals surface area contributed by atoms with Gasteiger partial charge in [0, 0.05) is 33.5 Å². The maximum absolute atomic E-state index is 6.53. The quantitative estimate of drug-likeness (QED) is 0.118. The number of para-hydroxylation sites is 2. The number of benzene rings is 11. The summed E-state index contributed by atoms with van der Waals surface area (Å²) >= 11 is 0. The van der Waals surface area contributed by atoms with E-state index in [0.29, 0.717) is 0 Å². The molecule has 0 N–H and O–H groups in total. The normalized spacial score (nSPS) is 11.8. The molecule has 0 fully saturated rings. The van der Waals surface area contributed by atoms with E-state index in [0.717, 1.165) is 44.6 Å². The van der Waals surface area contributed by atoms with Crippen LogP contribution in [0.4, 0.5) is 17.1 Å². The van der Waals surface area contributed by atoms with E-state index in [2.05, 4.69) is 219 Å². The van der Waals surface area contributed by atoms with Gasteiger partial charge in [-0.05, 0) is 87.4 Å². The van der Waals surface area contributed by atoms with Crippen molar-refractivity contribution in [2.24, 2.45) is 0 Å². The first-order valence-electron chi connectivity index (χ1n) is 21.2. The Morgan fingerprint density at radius 1 is 0.393 bits per heavy atom. The van der Waals surface area contributed by atoms with E-state index in [1.54, 1.807) is 0 Å². The predicted molar refractivity (Wildman–Crippen MR) is 262 cm³/mol. The van der Waals surface area contributed by atoms with Crippen LogP contribution in [0.3, 0.4) is 0 Å². The van der Waals surface area contributed by atoms with Crippen molar-refractivity contribution < 1.29 is 4.42 Å². The molecule has 0 aliphatic heterocycles. The second-order valence-corrected chi connectivity index (χ2v) is 16.6. The standard InChI is InChI=1S/C58H40BNO/c1-37-33-38(2)35-43(34-37)59(51-20-12-16-39-15-6-7-17-45(39)51)52-31-25-41-24-29-50-54(32-26-42-23-28-49(52)57(41)58(42)50)60(53-21-10-8-18-46(53)40-13-4-3-5-14-40)44-27-30-48-47-19-9-11-22-55(47)61-56(48)36-44/h3-36H,1-2H3. The first-order valence-corrected chi connectivity index (χ1v) is 21.2. The number of aryl methyl sites for hydroxylation is 2. The summed E-state index contributed by atoms with van der Waals surface area (Å²) in [5.74, 6) is 0. The number of nitrogens with zero attached hydrogens (tertiary/aromatic N) is 1. The number of furan rings is 1. The fourth-order valence-electron chi connectivity index (χ4n) is 10.3. The second kappa shape index (κ2) is 14.0. The zero-order valence-corrected chi connectivity index (χ0v) is 34.1. The van der Waals surface area contributed by atoms with Crippen molar-refractivity contribution in [3.8, 4) is 11.1 Å². The molecule has 11 aromatic carbocycles. The molecule has 0 amide bonds. The summed E-state index contributed by atoms with van der Waals surface area (Å²) in [6.45, 7) is 4.46.